The van der Waals surface area contributed by atoms with Crippen LogP contribution < -0.4 is 16.0 Å². The number of benzene rings is 1. The van der Waals surface area contributed by atoms with Gasteiger partial charge < -0.3 is 20.7 Å². The van der Waals surface area contributed by atoms with Crippen LogP contribution in [0.15, 0.2) is 29.3 Å². The number of amides is 1. The van der Waals surface area contributed by atoms with Crippen molar-refractivity contribution < 1.29 is 9.53 Å². The van der Waals surface area contributed by atoms with Crippen molar-refractivity contribution in [3.05, 3.63) is 35.4 Å². The van der Waals surface area contributed by atoms with Gasteiger partial charge in [-0.15, -0.1) is 24.0 Å². The van der Waals surface area contributed by atoms with Gasteiger partial charge in [0.05, 0.1) is 5.60 Å². The van der Waals surface area contributed by atoms with E-state index in [1.807, 2.05) is 45.0 Å². The molecular weight excluding hydrogens is 419 g/mol. The second kappa shape index (κ2) is 11.2. The Labute approximate surface area is 161 Å². The van der Waals surface area contributed by atoms with E-state index in [-0.39, 0.29) is 35.5 Å². The highest BCUT2D eigenvalue weighted by molar-refractivity contribution is 14.0. The molecule has 0 atom stereocenters. The van der Waals surface area contributed by atoms with Crippen LogP contribution in [0.4, 0.5) is 0 Å². The maximum atomic E-state index is 12.0. The van der Waals surface area contributed by atoms with E-state index in [0.717, 1.165) is 5.56 Å². The number of aryl methyl sites for hydroxylation is 1. The summed E-state index contributed by atoms with van der Waals surface area (Å²) in [6.45, 7) is 7.70. The molecule has 1 aromatic rings. The van der Waals surface area contributed by atoms with E-state index >= 15 is 0 Å². The van der Waals surface area contributed by atoms with Gasteiger partial charge in [0.25, 0.3) is 5.91 Å². The van der Waals surface area contributed by atoms with Crippen molar-refractivity contribution in [2.24, 2.45) is 4.99 Å². The average Bonchev–Trinajstić information content (AvgIpc) is 2.54. The van der Waals surface area contributed by atoms with E-state index in [9.17, 15) is 4.79 Å². The summed E-state index contributed by atoms with van der Waals surface area (Å²) in [5, 5.41) is 9.22. The zero-order valence-electron chi connectivity index (χ0n) is 15.1. The molecule has 6 nitrogen and oxygen atoms in total. The number of hydrogen-bond donors (Lipinski definition) is 3. The Morgan fingerprint density at radius 3 is 2.46 bits per heavy atom. The lowest BCUT2D eigenvalue weighted by Gasteiger charge is -2.24. The van der Waals surface area contributed by atoms with Gasteiger partial charge in [0.2, 0.25) is 0 Å². The lowest BCUT2D eigenvalue weighted by Crippen LogP contribution is -2.46. The van der Waals surface area contributed by atoms with E-state index < -0.39 is 0 Å². The predicted molar refractivity (Wildman–Crippen MR) is 109 cm³/mol. The number of aliphatic imine (C=N–C) groups is 1. The summed E-state index contributed by atoms with van der Waals surface area (Å²) >= 11 is 0. The van der Waals surface area contributed by atoms with E-state index in [1.165, 1.54) is 0 Å². The normalized spacial score (nSPS) is 11.5. The molecule has 0 unspecified atom stereocenters. The monoisotopic (exact) mass is 448 g/mol. The number of hydrogen-bond acceptors (Lipinski definition) is 3. The van der Waals surface area contributed by atoms with Crippen LogP contribution in [-0.4, -0.2) is 51.3 Å². The number of rotatable bonds is 7. The maximum Gasteiger partial charge on any atom is 0.251 e. The zero-order valence-corrected chi connectivity index (χ0v) is 17.4. The Bertz CT molecular complexity index is 547. The second-order valence-corrected chi connectivity index (χ2v) is 5.94. The predicted octanol–water partition coefficient (Wildman–Crippen LogP) is 1.93. The molecule has 0 aromatic heterocycles. The SMILES string of the molecule is CN=C(NCCNC(=O)c1cccc(C)c1)NCC(C)(C)OC.I. The van der Waals surface area contributed by atoms with Gasteiger partial charge in [0.1, 0.15) is 0 Å². The molecule has 0 spiro atoms. The largest absolute Gasteiger partial charge is 0.377 e. The van der Waals surface area contributed by atoms with E-state index in [1.54, 1.807) is 14.2 Å². The first-order valence-electron chi connectivity index (χ1n) is 7.72. The van der Waals surface area contributed by atoms with Crippen LogP contribution in [0.25, 0.3) is 0 Å². The fraction of sp³-hybridized carbons (Fsp3) is 0.529. The fourth-order valence-corrected chi connectivity index (χ4v) is 1.83. The number of guanidine groups is 1. The quantitative estimate of drug-likeness (QED) is 0.258. The molecular formula is C17H29IN4O2. The molecule has 7 heteroatoms. The van der Waals surface area contributed by atoms with Crippen LogP contribution in [0.2, 0.25) is 0 Å². The first-order valence-corrected chi connectivity index (χ1v) is 7.72. The van der Waals surface area contributed by atoms with Crippen molar-refractivity contribution in [1.82, 2.24) is 16.0 Å². The maximum absolute atomic E-state index is 12.0. The minimum absolute atomic E-state index is 0. The van der Waals surface area contributed by atoms with Gasteiger partial charge in [-0.2, -0.15) is 0 Å². The van der Waals surface area contributed by atoms with Gasteiger partial charge >= 0.3 is 0 Å². The Morgan fingerprint density at radius 2 is 1.88 bits per heavy atom. The Balaban J connectivity index is 0.00000529. The number of carbonyl (C=O) groups excluding carboxylic acids is 1. The summed E-state index contributed by atoms with van der Waals surface area (Å²) in [6, 6.07) is 7.53. The molecule has 0 radical (unpaired) electrons. The summed E-state index contributed by atoms with van der Waals surface area (Å²) < 4.78 is 5.35. The number of nitrogens with one attached hydrogen (secondary N) is 3. The molecule has 0 aliphatic carbocycles. The number of carbonyl (C=O) groups is 1. The third-order valence-corrected chi connectivity index (χ3v) is 3.44. The molecule has 0 saturated carbocycles. The van der Waals surface area contributed by atoms with Gasteiger partial charge in [-0.25, -0.2) is 0 Å². The molecule has 0 heterocycles. The highest BCUT2D eigenvalue weighted by Gasteiger charge is 2.16. The van der Waals surface area contributed by atoms with Crippen LogP contribution in [0.5, 0.6) is 0 Å². The van der Waals surface area contributed by atoms with Crippen LogP contribution in [0, 0.1) is 6.92 Å². The minimum Gasteiger partial charge on any atom is -0.377 e. The Kier molecular flexibility index (Phi) is 10.6. The third-order valence-electron chi connectivity index (χ3n) is 3.44. The van der Waals surface area contributed by atoms with E-state index in [2.05, 4.69) is 20.9 Å². The molecule has 0 aliphatic heterocycles. The zero-order chi connectivity index (χ0) is 17.3. The molecule has 0 saturated heterocycles. The van der Waals surface area contributed by atoms with Gasteiger partial charge in [0, 0.05) is 39.4 Å². The van der Waals surface area contributed by atoms with Crippen LogP contribution in [-0.2, 0) is 4.74 Å². The molecule has 3 N–H and O–H groups in total. The minimum atomic E-state index is -0.267. The molecule has 136 valence electrons. The smallest absolute Gasteiger partial charge is 0.251 e. The first kappa shape index (κ1) is 22.6. The van der Waals surface area contributed by atoms with Crippen molar-refractivity contribution in [3.8, 4) is 0 Å². The Morgan fingerprint density at radius 1 is 1.21 bits per heavy atom. The summed E-state index contributed by atoms with van der Waals surface area (Å²) in [4.78, 5) is 16.1. The van der Waals surface area contributed by atoms with Crippen molar-refractivity contribution in [2.45, 2.75) is 26.4 Å². The number of halogens is 1. The summed E-state index contributed by atoms with van der Waals surface area (Å²) in [6.07, 6.45) is 0. The average molecular weight is 448 g/mol. The Hall–Kier alpha value is -1.35. The number of ether oxygens (including phenoxy) is 1. The lowest BCUT2D eigenvalue weighted by molar-refractivity contribution is 0.0268. The van der Waals surface area contributed by atoms with Gasteiger partial charge in [-0.3, -0.25) is 9.79 Å². The molecule has 24 heavy (non-hydrogen) atoms. The van der Waals surface area contributed by atoms with Crippen LogP contribution >= 0.6 is 24.0 Å². The first-order chi connectivity index (χ1) is 10.9. The second-order valence-electron chi connectivity index (χ2n) is 5.94. The highest BCUT2D eigenvalue weighted by atomic mass is 127. The van der Waals surface area contributed by atoms with Crippen molar-refractivity contribution >= 4 is 35.8 Å². The molecule has 1 amide bonds. The summed E-state index contributed by atoms with van der Waals surface area (Å²) in [5.74, 6) is 0.610. The van der Waals surface area contributed by atoms with E-state index in [0.29, 0.717) is 31.2 Å². The highest BCUT2D eigenvalue weighted by Crippen LogP contribution is 2.04. The van der Waals surface area contributed by atoms with Gasteiger partial charge in [-0.1, -0.05) is 17.7 Å². The fourth-order valence-electron chi connectivity index (χ4n) is 1.83. The number of nitrogens with zero attached hydrogens (tertiary/aromatic N) is 1. The summed E-state index contributed by atoms with van der Waals surface area (Å²) in [5.41, 5.74) is 1.48. The van der Waals surface area contributed by atoms with Crippen molar-refractivity contribution in [2.75, 3.05) is 33.8 Å². The van der Waals surface area contributed by atoms with E-state index in [4.69, 9.17) is 4.74 Å². The standard InChI is InChI=1S/C17H28N4O2.HI/c1-13-7-6-8-14(11-13)15(22)19-9-10-20-16(18-4)21-12-17(2,3)23-5;/h6-8,11H,9-10,12H2,1-5H3,(H,19,22)(H2,18,20,21);1H. The molecule has 1 aromatic carbocycles. The van der Waals surface area contributed by atoms with Gasteiger partial charge in [-0.05, 0) is 32.9 Å². The molecule has 0 fully saturated rings. The van der Waals surface area contributed by atoms with Crippen molar-refractivity contribution in [1.29, 1.82) is 0 Å². The molecule has 0 bridgehead atoms. The van der Waals surface area contributed by atoms with Crippen LogP contribution in [0.1, 0.15) is 29.8 Å². The van der Waals surface area contributed by atoms with Gasteiger partial charge in [0.15, 0.2) is 5.96 Å². The molecule has 1 rings (SSSR count). The lowest BCUT2D eigenvalue weighted by atomic mass is 10.1. The third kappa shape index (κ3) is 8.49. The van der Waals surface area contributed by atoms with Crippen molar-refractivity contribution in [3.63, 3.8) is 0 Å². The topological polar surface area (TPSA) is 74.8 Å². The number of methoxy groups -OCH3 is 1. The van der Waals surface area contributed by atoms with Crippen LogP contribution in [0.3, 0.4) is 0 Å². The molecule has 0 aliphatic rings. The summed E-state index contributed by atoms with van der Waals surface area (Å²) in [7, 11) is 3.39.